The first-order valence-electron chi connectivity index (χ1n) is 6.56. The number of nitrogens with zero attached hydrogens (tertiary/aromatic N) is 1. The third kappa shape index (κ3) is 1.89. The average molecular weight is 298 g/mol. The van der Waals surface area contributed by atoms with Gasteiger partial charge in [0.1, 0.15) is 18.1 Å². The molecule has 1 N–H and O–H groups in total. The van der Waals surface area contributed by atoms with Gasteiger partial charge in [-0.2, -0.15) is 0 Å². The van der Waals surface area contributed by atoms with Crippen molar-refractivity contribution in [2.75, 3.05) is 0 Å². The van der Waals surface area contributed by atoms with E-state index in [1.807, 2.05) is 28.8 Å². The molecule has 2 heterocycles. The number of ether oxygens (including phenoxy) is 1. The predicted molar refractivity (Wildman–Crippen MR) is 80.7 cm³/mol. The Kier molecular flexibility index (Phi) is 2.68. The maximum absolute atomic E-state index is 13.1. The minimum absolute atomic E-state index is 0.267. The van der Waals surface area contributed by atoms with Crippen LogP contribution in [0.15, 0.2) is 48.5 Å². The van der Waals surface area contributed by atoms with Crippen LogP contribution in [0.5, 0.6) is 5.88 Å². The monoisotopic (exact) mass is 298 g/mol. The second-order valence-electron chi connectivity index (χ2n) is 4.87. The Morgan fingerprint density at radius 2 is 1.86 bits per heavy atom. The Balaban J connectivity index is 1.95. The molecule has 1 aliphatic rings. The second kappa shape index (κ2) is 4.56. The number of imidazole rings is 1. The minimum atomic E-state index is -0.267. The molecule has 4 rings (SSSR count). The predicted octanol–water partition coefficient (Wildman–Crippen LogP) is 4.23. The Morgan fingerprint density at radius 3 is 2.67 bits per heavy atom. The molecule has 2 aromatic carbocycles. The molecule has 1 aliphatic heterocycles. The number of aromatic amines is 1. The van der Waals surface area contributed by atoms with Crippen LogP contribution in [0.4, 0.5) is 4.39 Å². The highest BCUT2D eigenvalue weighted by Crippen LogP contribution is 2.36. The summed E-state index contributed by atoms with van der Waals surface area (Å²) in [6.45, 7) is 0.497. The van der Waals surface area contributed by atoms with Gasteiger partial charge in [-0.1, -0.05) is 18.2 Å². The van der Waals surface area contributed by atoms with Crippen LogP contribution in [0.2, 0.25) is 0 Å². The maximum Gasteiger partial charge on any atom is 0.225 e. The lowest BCUT2D eigenvalue weighted by Gasteiger charge is -2.20. The topological polar surface area (TPSA) is 29.9 Å². The Bertz CT molecular complexity index is 880. The standard InChI is InChI=1S/C16H11FN2OS/c17-12-7-5-10(6-8-12)14-15-19(16(21)18-14)13-4-2-1-3-11(13)9-20-15/h1-8H,9H2,(H,18,21). The van der Waals surface area contributed by atoms with Crippen LogP contribution >= 0.6 is 12.2 Å². The van der Waals surface area contributed by atoms with E-state index in [2.05, 4.69) is 4.98 Å². The van der Waals surface area contributed by atoms with Crippen LogP contribution in [0.25, 0.3) is 16.9 Å². The van der Waals surface area contributed by atoms with E-state index in [-0.39, 0.29) is 5.82 Å². The number of nitrogens with one attached hydrogen (secondary N) is 1. The van der Waals surface area contributed by atoms with E-state index in [9.17, 15) is 4.39 Å². The molecule has 0 unspecified atom stereocenters. The number of hydrogen-bond acceptors (Lipinski definition) is 2. The lowest BCUT2D eigenvalue weighted by atomic mass is 10.1. The zero-order valence-electron chi connectivity index (χ0n) is 11.0. The highest BCUT2D eigenvalue weighted by atomic mass is 32.1. The molecule has 0 radical (unpaired) electrons. The molecule has 1 aromatic heterocycles. The molecule has 0 saturated carbocycles. The molecule has 5 heteroatoms. The number of fused-ring (bicyclic) bond motifs is 3. The normalized spacial score (nSPS) is 12.4. The van der Waals surface area contributed by atoms with Gasteiger partial charge in [0.05, 0.1) is 5.69 Å². The van der Waals surface area contributed by atoms with Gasteiger partial charge in [0.15, 0.2) is 4.77 Å². The molecule has 0 aliphatic carbocycles. The van der Waals surface area contributed by atoms with Gasteiger partial charge in [-0.3, -0.25) is 4.57 Å². The molecule has 3 nitrogen and oxygen atoms in total. The molecule has 21 heavy (non-hydrogen) atoms. The summed E-state index contributed by atoms with van der Waals surface area (Å²) in [7, 11) is 0. The SMILES string of the molecule is Fc1ccc(-c2[nH]c(=S)n3c2OCc2ccccc2-3)cc1. The third-order valence-electron chi connectivity index (χ3n) is 3.58. The summed E-state index contributed by atoms with van der Waals surface area (Å²) in [6, 6.07) is 14.2. The molecular formula is C16H11FN2OS. The van der Waals surface area contributed by atoms with Gasteiger partial charge in [0.2, 0.25) is 5.88 Å². The van der Waals surface area contributed by atoms with E-state index in [1.165, 1.54) is 12.1 Å². The van der Waals surface area contributed by atoms with Gasteiger partial charge < -0.3 is 9.72 Å². The fourth-order valence-electron chi connectivity index (χ4n) is 2.59. The van der Waals surface area contributed by atoms with E-state index < -0.39 is 0 Å². The van der Waals surface area contributed by atoms with Crippen molar-refractivity contribution < 1.29 is 9.13 Å². The van der Waals surface area contributed by atoms with Crippen molar-refractivity contribution in [3.05, 3.63) is 64.7 Å². The first kappa shape index (κ1) is 12.3. The van der Waals surface area contributed by atoms with Gasteiger partial charge in [0, 0.05) is 11.1 Å². The second-order valence-corrected chi connectivity index (χ2v) is 5.26. The summed E-state index contributed by atoms with van der Waals surface area (Å²) in [6.07, 6.45) is 0. The molecule has 0 fully saturated rings. The summed E-state index contributed by atoms with van der Waals surface area (Å²) in [5.41, 5.74) is 3.73. The number of para-hydroxylation sites is 1. The number of hydrogen-bond donors (Lipinski definition) is 1. The van der Waals surface area contributed by atoms with Crippen molar-refractivity contribution in [1.29, 1.82) is 0 Å². The van der Waals surface area contributed by atoms with Gasteiger partial charge in [-0.05, 0) is 42.5 Å². The minimum Gasteiger partial charge on any atom is -0.472 e. The number of halogens is 1. The Hall–Kier alpha value is -2.40. The van der Waals surface area contributed by atoms with Crippen molar-refractivity contribution in [2.24, 2.45) is 0 Å². The third-order valence-corrected chi connectivity index (χ3v) is 3.87. The lowest BCUT2D eigenvalue weighted by molar-refractivity contribution is 0.277. The van der Waals surface area contributed by atoms with E-state index >= 15 is 0 Å². The molecule has 0 atom stereocenters. The van der Waals surface area contributed by atoms with Crippen molar-refractivity contribution in [1.82, 2.24) is 9.55 Å². The zero-order chi connectivity index (χ0) is 14.4. The molecule has 0 spiro atoms. The smallest absolute Gasteiger partial charge is 0.225 e. The summed E-state index contributed by atoms with van der Waals surface area (Å²) in [4.78, 5) is 3.16. The molecule has 104 valence electrons. The van der Waals surface area contributed by atoms with Crippen LogP contribution in [0.1, 0.15) is 5.56 Å². The maximum atomic E-state index is 13.1. The molecular weight excluding hydrogens is 287 g/mol. The summed E-state index contributed by atoms with van der Waals surface area (Å²) < 4.78 is 21.4. The highest BCUT2D eigenvalue weighted by Gasteiger charge is 2.22. The van der Waals surface area contributed by atoms with E-state index in [1.54, 1.807) is 12.1 Å². The largest absolute Gasteiger partial charge is 0.472 e. The Morgan fingerprint density at radius 1 is 1.10 bits per heavy atom. The van der Waals surface area contributed by atoms with Gasteiger partial charge >= 0.3 is 0 Å². The first-order chi connectivity index (χ1) is 10.2. The van der Waals surface area contributed by atoms with Crippen LogP contribution < -0.4 is 4.74 Å². The van der Waals surface area contributed by atoms with Crippen LogP contribution in [-0.4, -0.2) is 9.55 Å². The van der Waals surface area contributed by atoms with Crippen molar-refractivity contribution in [3.63, 3.8) is 0 Å². The molecule has 0 amide bonds. The average Bonchev–Trinajstić information content (AvgIpc) is 2.86. The van der Waals surface area contributed by atoms with Crippen LogP contribution in [0, 0.1) is 10.6 Å². The first-order valence-corrected chi connectivity index (χ1v) is 6.97. The van der Waals surface area contributed by atoms with Crippen molar-refractivity contribution >= 4 is 12.2 Å². The molecule has 0 saturated heterocycles. The number of benzene rings is 2. The molecule has 3 aromatic rings. The number of rotatable bonds is 1. The zero-order valence-corrected chi connectivity index (χ0v) is 11.8. The quantitative estimate of drug-likeness (QED) is 0.681. The van der Waals surface area contributed by atoms with E-state index in [0.29, 0.717) is 17.3 Å². The van der Waals surface area contributed by atoms with E-state index in [0.717, 1.165) is 22.5 Å². The lowest BCUT2D eigenvalue weighted by Crippen LogP contribution is -2.12. The van der Waals surface area contributed by atoms with Gasteiger partial charge in [0.25, 0.3) is 0 Å². The van der Waals surface area contributed by atoms with Crippen LogP contribution in [-0.2, 0) is 6.61 Å². The van der Waals surface area contributed by atoms with Gasteiger partial charge in [-0.15, -0.1) is 0 Å². The summed E-state index contributed by atoms with van der Waals surface area (Å²) in [5.74, 6) is 0.405. The number of aromatic nitrogens is 2. The number of H-pyrrole nitrogens is 1. The van der Waals surface area contributed by atoms with E-state index in [4.69, 9.17) is 17.0 Å². The highest BCUT2D eigenvalue weighted by molar-refractivity contribution is 7.71. The summed E-state index contributed by atoms with van der Waals surface area (Å²) >= 11 is 5.41. The Labute approximate surface area is 125 Å². The van der Waals surface area contributed by atoms with Crippen molar-refractivity contribution in [3.8, 4) is 22.8 Å². The van der Waals surface area contributed by atoms with Crippen molar-refractivity contribution in [2.45, 2.75) is 6.61 Å². The summed E-state index contributed by atoms with van der Waals surface area (Å²) in [5, 5.41) is 0. The van der Waals surface area contributed by atoms with Gasteiger partial charge in [-0.25, -0.2) is 4.39 Å². The van der Waals surface area contributed by atoms with Crippen LogP contribution in [0.3, 0.4) is 0 Å². The fraction of sp³-hybridized carbons (Fsp3) is 0.0625. The fourth-order valence-corrected chi connectivity index (χ4v) is 2.87. The molecule has 0 bridgehead atoms.